The van der Waals surface area contributed by atoms with Crippen molar-refractivity contribution in [2.24, 2.45) is 0 Å². The Bertz CT molecular complexity index is 502. The summed E-state index contributed by atoms with van der Waals surface area (Å²) < 4.78 is 19.2. The average molecular weight is 308 g/mol. The minimum atomic E-state index is -0.885. The summed E-state index contributed by atoms with van der Waals surface area (Å²) in [5.41, 5.74) is 2.70. The first-order valence-corrected chi connectivity index (χ1v) is 8.31. The highest BCUT2D eigenvalue weighted by molar-refractivity contribution is 7.12. The number of benzene rings is 1. The first-order chi connectivity index (χ1) is 10.3. The quantitative estimate of drug-likeness (QED) is 0.618. The van der Waals surface area contributed by atoms with Crippen molar-refractivity contribution in [3.05, 3.63) is 29.8 Å². The minimum absolute atomic E-state index is 0.129. The van der Waals surface area contributed by atoms with Gasteiger partial charge in [-0.2, -0.15) is 0 Å². The van der Waals surface area contributed by atoms with Crippen LogP contribution in [-0.4, -0.2) is 23.0 Å². The maximum Gasteiger partial charge on any atom is 0.147 e. The van der Waals surface area contributed by atoms with Gasteiger partial charge in [0.25, 0.3) is 0 Å². The molecule has 0 amide bonds. The van der Waals surface area contributed by atoms with Crippen molar-refractivity contribution < 1.29 is 9.13 Å². The first-order valence-electron chi connectivity index (χ1n) is 7.43. The number of hydrogen-bond acceptors (Lipinski definition) is 4. The van der Waals surface area contributed by atoms with Gasteiger partial charge in [0.15, 0.2) is 0 Å². The summed E-state index contributed by atoms with van der Waals surface area (Å²) in [5.74, 6) is 0.694. The van der Waals surface area contributed by atoms with Crippen LogP contribution in [-0.2, 0) is 0 Å². The lowest BCUT2D eigenvalue weighted by molar-refractivity contribution is 0.184. The highest BCUT2D eigenvalue weighted by Gasteiger charge is 2.08. The molecule has 1 heterocycles. The van der Waals surface area contributed by atoms with E-state index in [1.54, 1.807) is 5.51 Å². The lowest BCUT2D eigenvalue weighted by Gasteiger charge is -2.10. The summed E-state index contributed by atoms with van der Waals surface area (Å²) in [6.45, 7) is 2.28. The monoisotopic (exact) mass is 308 g/mol. The maximum atomic E-state index is 13.7. The Hall–Kier alpha value is -1.49. The molecular weight excluding hydrogens is 287 g/mol. The van der Waals surface area contributed by atoms with Gasteiger partial charge in [0.05, 0.1) is 0 Å². The second-order valence-corrected chi connectivity index (χ2v) is 5.86. The van der Waals surface area contributed by atoms with Gasteiger partial charge in [0.2, 0.25) is 0 Å². The van der Waals surface area contributed by atoms with E-state index in [-0.39, 0.29) is 6.61 Å². The molecule has 0 bridgehead atoms. The van der Waals surface area contributed by atoms with Crippen molar-refractivity contribution >= 4 is 11.3 Å². The molecule has 5 heteroatoms. The van der Waals surface area contributed by atoms with Crippen LogP contribution in [0.5, 0.6) is 5.75 Å². The zero-order chi connectivity index (χ0) is 14.9. The second-order valence-electron chi connectivity index (χ2n) is 5.03. The van der Waals surface area contributed by atoms with Crippen LogP contribution in [0.25, 0.3) is 10.6 Å². The van der Waals surface area contributed by atoms with Crippen LogP contribution in [0.4, 0.5) is 4.39 Å². The predicted molar refractivity (Wildman–Crippen MR) is 84.5 cm³/mol. The molecule has 2 aromatic rings. The molecule has 0 aliphatic heterocycles. The van der Waals surface area contributed by atoms with E-state index >= 15 is 0 Å². The fourth-order valence-corrected chi connectivity index (χ4v) is 2.62. The summed E-state index contributed by atoms with van der Waals surface area (Å²) >= 11 is 1.49. The van der Waals surface area contributed by atoms with Crippen molar-refractivity contribution in [1.82, 2.24) is 10.2 Å². The zero-order valence-electron chi connectivity index (χ0n) is 12.3. The molecular formula is C16H21FN2OS. The molecule has 1 atom stereocenters. The summed E-state index contributed by atoms with van der Waals surface area (Å²) in [6, 6.07) is 7.54. The first kappa shape index (κ1) is 15.9. The SMILES string of the molecule is CCCCCCC(F)COc1ccc(-c2nncs2)cc1. The average Bonchev–Trinajstić information content (AvgIpc) is 3.04. The Balaban J connectivity index is 1.73. The molecule has 1 aromatic heterocycles. The molecule has 0 spiro atoms. The van der Waals surface area contributed by atoms with Crippen molar-refractivity contribution in [2.75, 3.05) is 6.61 Å². The molecule has 0 radical (unpaired) electrons. The topological polar surface area (TPSA) is 35.0 Å². The van der Waals surface area contributed by atoms with Gasteiger partial charge in [-0.05, 0) is 30.7 Å². The number of alkyl halides is 1. The molecule has 0 aliphatic rings. The third-order valence-electron chi connectivity index (χ3n) is 3.26. The van der Waals surface area contributed by atoms with E-state index in [4.69, 9.17) is 4.74 Å². The van der Waals surface area contributed by atoms with E-state index in [9.17, 15) is 4.39 Å². The third-order valence-corrected chi connectivity index (χ3v) is 4.00. The summed E-state index contributed by atoms with van der Waals surface area (Å²) in [7, 11) is 0. The van der Waals surface area contributed by atoms with Gasteiger partial charge in [-0.1, -0.05) is 43.9 Å². The fourth-order valence-electron chi connectivity index (χ4n) is 2.06. The van der Waals surface area contributed by atoms with E-state index < -0.39 is 6.17 Å². The largest absolute Gasteiger partial charge is 0.491 e. The van der Waals surface area contributed by atoms with Gasteiger partial charge in [-0.25, -0.2) is 4.39 Å². The van der Waals surface area contributed by atoms with E-state index in [1.807, 2.05) is 24.3 Å². The number of unbranched alkanes of at least 4 members (excludes halogenated alkanes) is 3. The van der Waals surface area contributed by atoms with E-state index in [0.29, 0.717) is 12.2 Å². The van der Waals surface area contributed by atoms with Gasteiger partial charge in [0.1, 0.15) is 29.0 Å². The van der Waals surface area contributed by atoms with Crippen LogP contribution < -0.4 is 4.74 Å². The fraction of sp³-hybridized carbons (Fsp3) is 0.500. The zero-order valence-corrected chi connectivity index (χ0v) is 13.1. The Labute approximate surface area is 129 Å². The molecule has 1 unspecified atom stereocenters. The Morgan fingerprint density at radius 3 is 2.67 bits per heavy atom. The highest BCUT2D eigenvalue weighted by atomic mass is 32.1. The maximum absolute atomic E-state index is 13.7. The van der Waals surface area contributed by atoms with Crippen LogP contribution in [0.2, 0.25) is 0 Å². The molecule has 0 fully saturated rings. The van der Waals surface area contributed by atoms with E-state index in [2.05, 4.69) is 17.1 Å². The smallest absolute Gasteiger partial charge is 0.147 e. The minimum Gasteiger partial charge on any atom is -0.491 e. The van der Waals surface area contributed by atoms with Crippen LogP contribution in [0.1, 0.15) is 39.0 Å². The van der Waals surface area contributed by atoms with Gasteiger partial charge >= 0.3 is 0 Å². The number of rotatable bonds is 9. The van der Waals surface area contributed by atoms with Gasteiger partial charge in [-0.3, -0.25) is 0 Å². The number of aromatic nitrogens is 2. The van der Waals surface area contributed by atoms with E-state index in [0.717, 1.165) is 23.4 Å². The van der Waals surface area contributed by atoms with Gasteiger partial charge in [-0.15, -0.1) is 10.2 Å². The highest BCUT2D eigenvalue weighted by Crippen LogP contribution is 2.23. The van der Waals surface area contributed by atoms with Crippen molar-refractivity contribution in [3.63, 3.8) is 0 Å². The van der Waals surface area contributed by atoms with E-state index in [1.165, 1.54) is 24.2 Å². The van der Waals surface area contributed by atoms with Crippen LogP contribution >= 0.6 is 11.3 Å². The Morgan fingerprint density at radius 2 is 2.00 bits per heavy atom. The molecule has 0 saturated carbocycles. The van der Waals surface area contributed by atoms with Crippen molar-refractivity contribution in [3.8, 4) is 16.3 Å². The van der Waals surface area contributed by atoms with Gasteiger partial charge < -0.3 is 4.74 Å². The Kier molecular flexibility index (Phi) is 6.60. The second kappa shape index (κ2) is 8.72. The lowest BCUT2D eigenvalue weighted by atomic mass is 10.1. The van der Waals surface area contributed by atoms with Crippen LogP contribution in [0.15, 0.2) is 29.8 Å². The summed E-state index contributed by atoms with van der Waals surface area (Å²) in [5, 5.41) is 8.69. The summed E-state index contributed by atoms with van der Waals surface area (Å²) in [4.78, 5) is 0. The lowest BCUT2D eigenvalue weighted by Crippen LogP contribution is -2.12. The predicted octanol–water partition coefficient (Wildman–Crippen LogP) is 4.89. The molecule has 0 N–H and O–H groups in total. The molecule has 1 aromatic carbocycles. The number of halogens is 1. The number of nitrogens with zero attached hydrogens (tertiary/aromatic N) is 2. The molecule has 0 saturated heterocycles. The summed E-state index contributed by atoms with van der Waals surface area (Å²) in [6.07, 6.45) is 4.10. The molecule has 114 valence electrons. The van der Waals surface area contributed by atoms with Crippen LogP contribution in [0.3, 0.4) is 0 Å². The molecule has 2 rings (SSSR count). The van der Waals surface area contributed by atoms with Crippen LogP contribution in [0, 0.1) is 0 Å². The van der Waals surface area contributed by atoms with Crippen molar-refractivity contribution in [2.45, 2.75) is 45.2 Å². The third kappa shape index (κ3) is 5.42. The number of hydrogen-bond donors (Lipinski definition) is 0. The Morgan fingerprint density at radius 1 is 1.19 bits per heavy atom. The molecule has 3 nitrogen and oxygen atoms in total. The van der Waals surface area contributed by atoms with Gasteiger partial charge in [0, 0.05) is 5.56 Å². The molecule has 0 aliphatic carbocycles. The van der Waals surface area contributed by atoms with Crippen molar-refractivity contribution in [1.29, 1.82) is 0 Å². The molecule has 21 heavy (non-hydrogen) atoms. The standard InChI is InChI=1S/C16H21FN2OS/c1-2-3-4-5-6-14(17)11-20-15-9-7-13(8-10-15)16-19-18-12-21-16/h7-10,12,14H,2-6,11H2,1H3. The normalized spacial score (nSPS) is 12.3. The number of ether oxygens (including phenoxy) is 1.